The van der Waals surface area contributed by atoms with Gasteiger partial charge in [-0.15, -0.1) is 5.06 Å². The van der Waals surface area contributed by atoms with Crippen LogP contribution in [0.3, 0.4) is 0 Å². The summed E-state index contributed by atoms with van der Waals surface area (Å²) < 4.78 is 22.4. The molecular formula is C31H38FNO10. The van der Waals surface area contributed by atoms with E-state index in [0.29, 0.717) is 29.9 Å². The molecule has 1 heterocycles. The summed E-state index contributed by atoms with van der Waals surface area (Å²) in [5.74, 6) is -5.60. The molecule has 0 aromatic heterocycles. The minimum atomic E-state index is -2.10. The first-order chi connectivity index (χ1) is 20.1. The lowest BCUT2D eigenvalue weighted by atomic mass is 9.44. The van der Waals surface area contributed by atoms with Crippen molar-refractivity contribution in [2.75, 3.05) is 6.61 Å². The summed E-state index contributed by atoms with van der Waals surface area (Å²) in [6.45, 7) is 4.35. The Morgan fingerprint density at radius 3 is 2.37 bits per heavy atom. The highest BCUT2D eigenvalue weighted by atomic mass is 19.1. The first-order valence-electron chi connectivity index (χ1n) is 14.9. The molecule has 0 radical (unpaired) electrons. The minimum Gasteiger partial charge on any atom is -0.458 e. The summed E-state index contributed by atoms with van der Waals surface area (Å²) in [5.41, 5.74) is -5.85. The van der Waals surface area contributed by atoms with Crippen molar-refractivity contribution in [3.05, 3.63) is 23.8 Å². The second kappa shape index (κ2) is 10.7. The van der Waals surface area contributed by atoms with Crippen LogP contribution in [0, 0.1) is 28.6 Å². The number of carbonyl (C=O) groups excluding carboxylic acids is 6. The van der Waals surface area contributed by atoms with E-state index in [4.69, 9.17) is 9.57 Å². The number of Topliss-reactive ketones (excluding diaryl/α,β-unsaturated/α-hetero) is 1. The van der Waals surface area contributed by atoms with Crippen LogP contribution >= 0.6 is 0 Å². The van der Waals surface area contributed by atoms with E-state index in [1.165, 1.54) is 12.2 Å². The third kappa shape index (κ3) is 4.59. The summed E-state index contributed by atoms with van der Waals surface area (Å²) in [5, 5.41) is 23.8. The molecule has 5 aliphatic rings. The lowest BCUT2D eigenvalue weighted by Gasteiger charge is -2.62. The molecule has 0 spiro atoms. The average molecular weight is 604 g/mol. The van der Waals surface area contributed by atoms with Crippen LogP contribution in [0.1, 0.15) is 78.6 Å². The van der Waals surface area contributed by atoms with E-state index in [1.54, 1.807) is 26.8 Å². The quantitative estimate of drug-likeness (QED) is 0.310. The van der Waals surface area contributed by atoms with Crippen LogP contribution in [0.15, 0.2) is 23.8 Å². The van der Waals surface area contributed by atoms with Gasteiger partial charge in [0.2, 0.25) is 5.78 Å². The molecular weight excluding hydrogens is 565 g/mol. The lowest BCUT2D eigenvalue weighted by molar-refractivity contribution is -0.220. The van der Waals surface area contributed by atoms with Gasteiger partial charge in [-0.05, 0) is 63.0 Å². The number of aliphatic hydroxyl groups excluding tert-OH is 1. The Hall–Kier alpha value is -3.25. The molecule has 8 atom stereocenters. The Labute approximate surface area is 248 Å². The fourth-order valence-electron chi connectivity index (χ4n) is 8.65. The van der Waals surface area contributed by atoms with E-state index in [-0.39, 0.29) is 44.3 Å². The summed E-state index contributed by atoms with van der Waals surface area (Å²) in [6, 6.07) is 0. The van der Waals surface area contributed by atoms with Crippen molar-refractivity contribution < 1.29 is 52.9 Å². The third-order valence-electron chi connectivity index (χ3n) is 11.0. The number of nitrogens with zero attached hydrogens (tertiary/aromatic N) is 1. The number of ketones is 2. The topological polar surface area (TPSA) is 165 Å². The standard InChI is InChI=1S/C31H38FNO10/c1-17-13-21-20-8-7-18-14-19(34)11-12-28(18,2)30(20,32)22(35)15-29(21,3)31(17,41)23(36)16-42-26(39)5-4-6-27(40)43-33-24(37)9-10-25(33)38/h11-12,14,17,20-22,35,41H,4-10,13,15-16H2,1-3H3/t17-,20+,21+,22+,28+,29+,30+,31+/m1/s1. The monoisotopic (exact) mass is 603 g/mol. The van der Waals surface area contributed by atoms with E-state index in [2.05, 4.69) is 0 Å². The number of esters is 1. The Morgan fingerprint density at radius 2 is 1.70 bits per heavy atom. The third-order valence-corrected chi connectivity index (χ3v) is 11.0. The molecule has 12 heteroatoms. The molecule has 4 aliphatic carbocycles. The first-order valence-corrected chi connectivity index (χ1v) is 14.9. The number of imide groups is 1. The van der Waals surface area contributed by atoms with E-state index < -0.39 is 82.1 Å². The SMILES string of the molecule is C[C@@H]1C[C@H]2[C@@H]3CCC4=CC(=O)C=C[C@]4(C)[C@@]3(F)[C@@H](O)C[C@]2(C)[C@@]1(O)C(=O)COC(=O)CCCC(=O)ON1C(=O)CCC1=O. The van der Waals surface area contributed by atoms with Crippen LogP contribution in [0.25, 0.3) is 0 Å². The number of hydrogen-bond donors (Lipinski definition) is 2. The lowest BCUT2D eigenvalue weighted by Crippen LogP contribution is -2.69. The van der Waals surface area contributed by atoms with E-state index >= 15 is 4.39 Å². The molecule has 4 fully saturated rings. The highest BCUT2D eigenvalue weighted by molar-refractivity contribution is 6.02. The number of ether oxygens (including phenoxy) is 1. The normalized spacial score (nSPS) is 40.0. The smallest absolute Gasteiger partial charge is 0.333 e. The number of carbonyl (C=O) groups is 6. The number of alkyl halides is 1. The number of fused-ring (bicyclic) bond motifs is 5. The summed E-state index contributed by atoms with van der Waals surface area (Å²) in [4.78, 5) is 77.7. The molecule has 2 N–H and O–H groups in total. The predicted molar refractivity (Wildman–Crippen MR) is 145 cm³/mol. The van der Waals surface area contributed by atoms with Gasteiger partial charge in [0.25, 0.3) is 11.8 Å². The Bertz CT molecular complexity index is 1330. The Morgan fingerprint density at radius 1 is 1.05 bits per heavy atom. The fourth-order valence-corrected chi connectivity index (χ4v) is 8.65. The predicted octanol–water partition coefficient (Wildman–Crippen LogP) is 2.22. The van der Waals surface area contributed by atoms with Crippen molar-refractivity contribution in [3.8, 4) is 0 Å². The number of halogens is 1. The zero-order chi connectivity index (χ0) is 31.5. The van der Waals surface area contributed by atoms with Gasteiger partial charge in [0.05, 0.1) is 6.10 Å². The number of hydroxylamine groups is 2. The van der Waals surface area contributed by atoms with Gasteiger partial charge in [-0.3, -0.25) is 24.0 Å². The average Bonchev–Trinajstić information content (AvgIpc) is 3.36. The Kier molecular flexibility index (Phi) is 7.78. The fraction of sp³-hybridized carbons (Fsp3) is 0.677. The van der Waals surface area contributed by atoms with E-state index in [1.807, 2.05) is 0 Å². The van der Waals surface area contributed by atoms with Gasteiger partial charge in [-0.2, -0.15) is 0 Å². The first kappa shape index (κ1) is 31.2. The molecule has 234 valence electrons. The molecule has 1 aliphatic heterocycles. The molecule has 0 unspecified atom stereocenters. The van der Waals surface area contributed by atoms with Gasteiger partial charge in [-0.25, -0.2) is 9.18 Å². The second-order valence-corrected chi connectivity index (χ2v) is 13.2. The molecule has 0 aromatic rings. The minimum absolute atomic E-state index is 0.0236. The maximum atomic E-state index is 17.3. The van der Waals surface area contributed by atoms with Crippen molar-refractivity contribution in [1.29, 1.82) is 0 Å². The molecule has 43 heavy (non-hydrogen) atoms. The van der Waals surface area contributed by atoms with Crippen LogP contribution in [0.5, 0.6) is 0 Å². The van der Waals surface area contributed by atoms with Gasteiger partial charge >= 0.3 is 11.9 Å². The molecule has 2 amide bonds. The number of rotatable bonds is 8. The van der Waals surface area contributed by atoms with Crippen LogP contribution in [0.2, 0.25) is 0 Å². The molecule has 5 rings (SSSR count). The molecule has 3 saturated carbocycles. The largest absolute Gasteiger partial charge is 0.458 e. The van der Waals surface area contributed by atoms with Crippen LogP contribution in [0.4, 0.5) is 4.39 Å². The van der Waals surface area contributed by atoms with Crippen molar-refractivity contribution in [2.45, 2.75) is 95.9 Å². The summed E-state index contributed by atoms with van der Waals surface area (Å²) >= 11 is 0. The Balaban J connectivity index is 1.22. The molecule has 11 nitrogen and oxygen atoms in total. The van der Waals surface area contributed by atoms with Gasteiger partial charge in [-0.1, -0.05) is 25.5 Å². The number of allylic oxidation sites excluding steroid dienone is 4. The van der Waals surface area contributed by atoms with Crippen molar-refractivity contribution in [1.82, 2.24) is 5.06 Å². The van der Waals surface area contributed by atoms with Crippen LogP contribution in [-0.4, -0.2) is 74.6 Å². The van der Waals surface area contributed by atoms with Gasteiger partial charge < -0.3 is 19.8 Å². The van der Waals surface area contributed by atoms with Crippen LogP contribution < -0.4 is 0 Å². The van der Waals surface area contributed by atoms with Crippen molar-refractivity contribution in [2.24, 2.45) is 28.6 Å². The maximum Gasteiger partial charge on any atom is 0.333 e. The maximum absolute atomic E-state index is 17.3. The van der Waals surface area contributed by atoms with Crippen LogP contribution in [-0.2, 0) is 38.3 Å². The number of aliphatic hydroxyl groups is 2. The number of amides is 2. The molecule has 0 aromatic carbocycles. The highest BCUT2D eigenvalue weighted by Gasteiger charge is 2.75. The number of hydrogen-bond acceptors (Lipinski definition) is 10. The van der Waals surface area contributed by atoms with Gasteiger partial charge in [0, 0.05) is 42.4 Å². The van der Waals surface area contributed by atoms with E-state index in [9.17, 15) is 39.0 Å². The van der Waals surface area contributed by atoms with Crippen molar-refractivity contribution >= 4 is 35.3 Å². The second-order valence-electron chi connectivity index (χ2n) is 13.2. The summed E-state index contributed by atoms with van der Waals surface area (Å²) in [7, 11) is 0. The highest BCUT2D eigenvalue weighted by Crippen LogP contribution is 2.70. The van der Waals surface area contributed by atoms with Crippen molar-refractivity contribution in [3.63, 3.8) is 0 Å². The summed E-state index contributed by atoms with van der Waals surface area (Å²) in [6.07, 6.45) is 3.11. The zero-order valence-corrected chi connectivity index (χ0v) is 24.6. The van der Waals surface area contributed by atoms with E-state index in [0.717, 1.165) is 0 Å². The molecule has 0 bridgehead atoms. The zero-order valence-electron chi connectivity index (χ0n) is 24.6. The van der Waals surface area contributed by atoms with Gasteiger partial charge in [0.1, 0.15) is 5.60 Å². The van der Waals surface area contributed by atoms with Gasteiger partial charge in [0.15, 0.2) is 18.1 Å². The molecule has 1 saturated heterocycles.